The fraction of sp³-hybridized carbons (Fsp3) is 0.235. The van der Waals surface area contributed by atoms with E-state index in [0.29, 0.717) is 6.61 Å². The second-order valence-electron chi connectivity index (χ2n) is 6.71. The molecule has 3 rings (SSSR count). The number of nitrogen functional groups attached to an aromatic ring is 1. The van der Waals surface area contributed by atoms with Crippen molar-refractivity contribution >= 4 is 39.2 Å². The van der Waals surface area contributed by atoms with Crippen LogP contribution in [0.1, 0.15) is 24.2 Å². The monoisotopic (exact) mass is 481 g/mol. The van der Waals surface area contributed by atoms with Crippen LogP contribution in [0.4, 0.5) is 31.1 Å². The number of carbonyl (C=O) groups is 2. The third-order valence-electron chi connectivity index (χ3n) is 4.08. The van der Waals surface area contributed by atoms with Gasteiger partial charge < -0.3 is 15.8 Å². The van der Waals surface area contributed by atoms with E-state index in [2.05, 4.69) is 10.2 Å². The molecule has 0 fully saturated rings. The van der Waals surface area contributed by atoms with Crippen molar-refractivity contribution in [2.75, 3.05) is 17.7 Å². The van der Waals surface area contributed by atoms with Crippen LogP contribution in [0.3, 0.4) is 0 Å². The summed E-state index contributed by atoms with van der Waals surface area (Å²) in [7, 11) is -10.1. The predicted octanol–water partition coefficient (Wildman–Crippen LogP) is 3.50. The quantitative estimate of drug-likeness (QED) is 0.303. The average molecular weight is 481 g/mol. The number of benzene rings is 1. The zero-order chi connectivity index (χ0) is 24.0. The lowest BCUT2D eigenvalue weighted by Crippen LogP contribution is -2.40. The maximum atomic E-state index is 13.4. The molecule has 1 aromatic carbocycles. The summed E-state index contributed by atoms with van der Waals surface area (Å²) in [6.45, 7) is 2.40. The number of nitrogens with two attached hydrogens (primary N) is 1. The third kappa shape index (κ3) is 5.04. The summed E-state index contributed by atoms with van der Waals surface area (Å²) >= 11 is 0. The molecule has 32 heavy (non-hydrogen) atoms. The van der Waals surface area contributed by atoms with Gasteiger partial charge in [0.2, 0.25) is 11.7 Å². The number of fused-ring (bicyclic) bond motifs is 1. The van der Waals surface area contributed by atoms with E-state index in [-0.39, 0.29) is 29.6 Å². The molecule has 3 aromatic rings. The van der Waals surface area contributed by atoms with E-state index >= 15 is 0 Å². The molecule has 0 saturated heterocycles. The molecule has 2 heterocycles. The minimum atomic E-state index is -10.1. The Morgan fingerprint density at radius 2 is 1.88 bits per heavy atom. The number of ketones is 1. The lowest BCUT2D eigenvalue weighted by atomic mass is 10.1. The van der Waals surface area contributed by atoms with Crippen LogP contribution in [0.25, 0.3) is 5.65 Å². The number of nitrogens with one attached hydrogen (secondary N) is 1. The number of rotatable bonds is 7. The summed E-state index contributed by atoms with van der Waals surface area (Å²) in [6, 6.07) is 3.91. The molecule has 3 N–H and O–H groups in total. The van der Waals surface area contributed by atoms with Crippen LogP contribution in [0.2, 0.25) is 0 Å². The Morgan fingerprint density at radius 3 is 2.47 bits per heavy atom. The second kappa shape index (κ2) is 7.01. The lowest BCUT2D eigenvalue weighted by Gasteiger charge is -2.40. The highest BCUT2D eigenvalue weighted by Gasteiger charge is 2.65. The van der Waals surface area contributed by atoms with E-state index in [9.17, 15) is 29.0 Å². The SMILES string of the molecule is CCOc1ccc2n(n1)c(N)n[n+]2CC(=O)c1cc(NC(C)=O)cc(S(F)(F)(F)(F)F)c1. The van der Waals surface area contributed by atoms with Gasteiger partial charge in [-0.05, 0) is 35.3 Å². The number of amides is 1. The van der Waals surface area contributed by atoms with Gasteiger partial charge in [-0.1, -0.05) is 23.9 Å². The Hall–Kier alpha value is -3.49. The van der Waals surface area contributed by atoms with Crippen molar-refractivity contribution in [3.05, 3.63) is 35.9 Å². The first-order valence-electron chi connectivity index (χ1n) is 8.95. The van der Waals surface area contributed by atoms with Crippen molar-refractivity contribution < 1.29 is 38.4 Å². The number of anilines is 2. The maximum absolute atomic E-state index is 13.4. The Balaban J connectivity index is 2.03. The number of hydrogen-bond donors (Lipinski definition) is 2. The van der Waals surface area contributed by atoms with Crippen molar-refractivity contribution in [3.63, 3.8) is 0 Å². The summed E-state index contributed by atoms with van der Waals surface area (Å²) in [5.41, 5.74) is 4.66. The first kappa shape index (κ1) is 23.2. The summed E-state index contributed by atoms with van der Waals surface area (Å²) < 4.78 is 74.3. The van der Waals surface area contributed by atoms with E-state index in [0.717, 1.165) is 22.2 Å². The van der Waals surface area contributed by atoms with Gasteiger partial charge in [-0.25, -0.2) is 0 Å². The highest BCUT2D eigenvalue weighted by atomic mass is 32.5. The maximum Gasteiger partial charge on any atom is 0.355 e. The average Bonchev–Trinajstić information content (AvgIpc) is 2.94. The van der Waals surface area contributed by atoms with E-state index < -0.39 is 44.6 Å². The molecule has 0 atom stereocenters. The Bertz CT molecular complexity index is 1250. The number of ether oxygens (including phenoxy) is 1. The third-order valence-corrected chi connectivity index (χ3v) is 5.20. The summed E-state index contributed by atoms with van der Waals surface area (Å²) in [4.78, 5) is 21.6. The Labute approximate surface area is 177 Å². The molecule has 15 heteroatoms. The van der Waals surface area contributed by atoms with Gasteiger partial charge in [0.25, 0.3) is 5.88 Å². The summed E-state index contributed by atoms with van der Waals surface area (Å²) in [5, 5.41) is 9.96. The Kier molecular flexibility index (Phi) is 5.08. The number of hydrogen-bond acceptors (Lipinski definition) is 6. The number of carbonyl (C=O) groups excluding carboxylic acids is 2. The van der Waals surface area contributed by atoms with Gasteiger partial charge in [0.1, 0.15) is 4.90 Å². The molecule has 9 nitrogen and oxygen atoms in total. The van der Waals surface area contributed by atoms with Gasteiger partial charge in [-0.15, -0.1) is 4.68 Å². The topological polar surface area (TPSA) is 115 Å². The van der Waals surface area contributed by atoms with Crippen molar-refractivity contribution in [2.24, 2.45) is 0 Å². The zero-order valence-corrected chi connectivity index (χ0v) is 17.5. The molecule has 0 aliphatic heterocycles. The lowest BCUT2D eigenvalue weighted by molar-refractivity contribution is -0.714. The van der Waals surface area contributed by atoms with Gasteiger partial charge in [0, 0.05) is 30.3 Å². The van der Waals surface area contributed by atoms with E-state index in [1.807, 2.05) is 5.32 Å². The fourth-order valence-corrected chi connectivity index (χ4v) is 3.51. The van der Waals surface area contributed by atoms with Crippen molar-refractivity contribution in [2.45, 2.75) is 25.3 Å². The van der Waals surface area contributed by atoms with Crippen LogP contribution < -0.4 is 20.5 Å². The first-order valence-corrected chi connectivity index (χ1v) is 10.9. The minimum absolute atomic E-state index is 0.0445. The van der Waals surface area contributed by atoms with Gasteiger partial charge in [0.05, 0.1) is 6.61 Å². The van der Waals surface area contributed by atoms with Gasteiger partial charge >= 0.3 is 21.8 Å². The largest absolute Gasteiger partial charge is 0.476 e. The minimum Gasteiger partial charge on any atom is -0.476 e. The summed E-state index contributed by atoms with van der Waals surface area (Å²) in [5.74, 6) is -1.72. The zero-order valence-electron chi connectivity index (χ0n) is 16.7. The molecule has 0 aliphatic rings. The molecule has 0 saturated carbocycles. The van der Waals surface area contributed by atoms with Gasteiger partial charge in [-0.2, -0.15) is 0 Å². The first-order chi connectivity index (χ1) is 14.6. The smallest absolute Gasteiger partial charge is 0.355 e. The Morgan fingerprint density at radius 1 is 1.19 bits per heavy atom. The highest BCUT2D eigenvalue weighted by molar-refractivity contribution is 8.45. The number of aromatic nitrogens is 4. The van der Waals surface area contributed by atoms with Crippen molar-refractivity contribution in [1.29, 1.82) is 0 Å². The standard InChI is InChI=1S/C17H17F5N6O3S/c1-3-31-15-4-5-16-27(26-17(23)28(16)25-15)9-14(30)11-6-12(24-10(2)29)8-13(7-11)32(18,19,20,21)22/h4-8H,3,9H2,1-2H3,(H2-,23,24,25,26,29)/p+1. The fourth-order valence-electron chi connectivity index (χ4n) is 2.81. The molecule has 174 valence electrons. The van der Waals surface area contributed by atoms with Crippen molar-refractivity contribution in [3.8, 4) is 5.88 Å². The molecule has 2 aromatic heterocycles. The number of halogens is 5. The number of Topliss-reactive ketones (excluding diaryl/α,β-unsaturated/α-hetero) is 1. The van der Waals surface area contributed by atoms with Crippen molar-refractivity contribution in [1.82, 2.24) is 14.7 Å². The normalized spacial score (nSPS) is 14.0. The van der Waals surface area contributed by atoms with Crippen LogP contribution in [0.5, 0.6) is 5.88 Å². The summed E-state index contributed by atoms with van der Waals surface area (Å²) in [6.07, 6.45) is 0. The van der Waals surface area contributed by atoms with Crippen LogP contribution in [-0.4, -0.2) is 33.0 Å². The van der Waals surface area contributed by atoms with Crippen LogP contribution >= 0.6 is 10.2 Å². The van der Waals surface area contributed by atoms with Crippen LogP contribution in [-0.2, 0) is 11.3 Å². The molecular formula is C17H18F5N6O3S+. The highest BCUT2D eigenvalue weighted by Crippen LogP contribution is 3.02. The molecular weight excluding hydrogens is 463 g/mol. The predicted molar refractivity (Wildman–Crippen MR) is 105 cm³/mol. The van der Waals surface area contributed by atoms with E-state index in [1.54, 1.807) is 6.92 Å². The van der Waals surface area contributed by atoms with Gasteiger partial charge in [0.15, 0.2) is 6.54 Å². The van der Waals surface area contributed by atoms with Gasteiger partial charge in [-0.3, -0.25) is 9.59 Å². The number of nitrogens with zero attached hydrogens (tertiary/aromatic N) is 4. The van der Waals surface area contributed by atoms with E-state index in [4.69, 9.17) is 10.5 Å². The molecule has 0 spiro atoms. The van der Waals surface area contributed by atoms with Crippen LogP contribution in [0, 0.1) is 0 Å². The molecule has 1 amide bonds. The van der Waals surface area contributed by atoms with E-state index in [1.165, 1.54) is 12.1 Å². The van der Waals surface area contributed by atoms with Crippen LogP contribution in [0.15, 0.2) is 35.2 Å². The molecule has 0 aliphatic carbocycles. The molecule has 0 bridgehead atoms. The molecule has 0 unspecified atom stereocenters. The second-order valence-corrected chi connectivity index (χ2v) is 9.12. The molecule has 0 radical (unpaired) electrons.